The Balaban J connectivity index is 2.47. The van der Waals surface area contributed by atoms with Crippen molar-refractivity contribution in [1.29, 1.82) is 0 Å². The third kappa shape index (κ3) is 2.18. The van der Waals surface area contributed by atoms with Gasteiger partial charge in [0.1, 0.15) is 23.7 Å². The summed E-state index contributed by atoms with van der Waals surface area (Å²) in [5.41, 5.74) is -0.720. The first-order valence-corrected chi connectivity index (χ1v) is 6.64. The van der Waals surface area contributed by atoms with Gasteiger partial charge in [0.15, 0.2) is 0 Å². The molecule has 6 heteroatoms. The molecule has 0 unspecified atom stereocenters. The molecule has 3 N–H and O–H groups in total. The zero-order valence-corrected chi connectivity index (χ0v) is 11.6. The number of esters is 1. The van der Waals surface area contributed by atoms with Crippen molar-refractivity contribution in [2.75, 3.05) is 19.8 Å². The molecule has 2 rings (SSSR count). The van der Waals surface area contributed by atoms with Crippen LogP contribution in [0.5, 0.6) is 0 Å². The first-order chi connectivity index (χ1) is 9.46. The number of hydrogen-bond acceptors (Lipinski definition) is 6. The van der Waals surface area contributed by atoms with Gasteiger partial charge in [-0.05, 0) is 25.0 Å². The van der Waals surface area contributed by atoms with E-state index in [9.17, 15) is 15.0 Å². The number of fused-ring (bicyclic) bond motifs is 1. The van der Waals surface area contributed by atoms with E-state index >= 15 is 0 Å². The van der Waals surface area contributed by atoms with Crippen molar-refractivity contribution in [1.82, 2.24) is 0 Å². The molecule has 0 amide bonds. The molecule has 1 aliphatic carbocycles. The van der Waals surface area contributed by atoms with Crippen LogP contribution in [0.3, 0.4) is 0 Å². The standard InChI is InChI=1S/C14H20O6/c1-3-19-13(17)10-6-8(2)11(16)12-14(10,18)9(4-5-15)7-20-12/h4,6,10-12,15-16,18H,3,5,7H2,1-2H3/b9-4+/t10-,11+,12+,14+/m0/s1. The van der Waals surface area contributed by atoms with E-state index in [-0.39, 0.29) is 19.8 Å². The van der Waals surface area contributed by atoms with E-state index in [2.05, 4.69) is 0 Å². The summed E-state index contributed by atoms with van der Waals surface area (Å²) in [5.74, 6) is -1.52. The molecule has 2 aliphatic rings. The molecule has 1 fully saturated rings. The Morgan fingerprint density at radius 1 is 1.65 bits per heavy atom. The van der Waals surface area contributed by atoms with Crippen LogP contribution in [0.2, 0.25) is 0 Å². The Morgan fingerprint density at radius 2 is 2.35 bits per heavy atom. The minimum atomic E-state index is -1.67. The highest BCUT2D eigenvalue weighted by atomic mass is 16.5. The summed E-state index contributed by atoms with van der Waals surface area (Å²) in [7, 11) is 0. The summed E-state index contributed by atoms with van der Waals surface area (Å²) in [5, 5.41) is 30.1. The minimum absolute atomic E-state index is 0.0653. The molecule has 0 aromatic carbocycles. The van der Waals surface area contributed by atoms with Crippen molar-refractivity contribution in [3.05, 3.63) is 23.3 Å². The fraction of sp³-hybridized carbons (Fsp3) is 0.643. The van der Waals surface area contributed by atoms with Crippen LogP contribution in [0.15, 0.2) is 23.3 Å². The van der Waals surface area contributed by atoms with E-state index in [0.717, 1.165) is 0 Å². The number of hydrogen-bond donors (Lipinski definition) is 3. The van der Waals surface area contributed by atoms with E-state index in [1.165, 1.54) is 12.2 Å². The van der Waals surface area contributed by atoms with Crippen LogP contribution < -0.4 is 0 Å². The van der Waals surface area contributed by atoms with E-state index in [4.69, 9.17) is 14.6 Å². The number of aliphatic hydroxyl groups excluding tert-OH is 2. The van der Waals surface area contributed by atoms with Crippen LogP contribution in [-0.2, 0) is 14.3 Å². The zero-order chi connectivity index (χ0) is 14.9. The molecular formula is C14H20O6. The molecule has 1 heterocycles. The highest BCUT2D eigenvalue weighted by Crippen LogP contribution is 2.44. The second-order valence-electron chi connectivity index (χ2n) is 5.05. The summed E-state index contributed by atoms with van der Waals surface area (Å²) in [6.45, 7) is 3.35. The lowest BCUT2D eigenvalue weighted by Gasteiger charge is -2.40. The summed E-state index contributed by atoms with van der Waals surface area (Å²) in [4.78, 5) is 12.1. The van der Waals surface area contributed by atoms with Gasteiger partial charge < -0.3 is 24.8 Å². The molecule has 0 bridgehead atoms. The third-order valence-corrected chi connectivity index (χ3v) is 3.90. The Labute approximate surface area is 117 Å². The van der Waals surface area contributed by atoms with Crippen LogP contribution in [0.25, 0.3) is 0 Å². The SMILES string of the molecule is CCOC(=O)[C@@H]1C=C(C)[C@@H](O)[C@H]2OC/C(=C\CO)[C@]21O. The molecule has 0 aromatic heterocycles. The van der Waals surface area contributed by atoms with Gasteiger partial charge in [0.2, 0.25) is 0 Å². The molecule has 20 heavy (non-hydrogen) atoms. The minimum Gasteiger partial charge on any atom is -0.465 e. The molecule has 6 nitrogen and oxygen atoms in total. The van der Waals surface area contributed by atoms with Crippen molar-refractivity contribution in [3.8, 4) is 0 Å². The first kappa shape index (κ1) is 15.2. The number of rotatable bonds is 3. The molecule has 0 spiro atoms. The lowest BCUT2D eigenvalue weighted by Crippen LogP contribution is -2.57. The van der Waals surface area contributed by atoms with Gasteiger partial charge in [0.05, 0.1) is 19.8 Å². The quantitative estimate of drug-likeness (QED) is 0.479. The fourth-order valence-electron chi connectivity index (χ4n) is 2.85. The van der Waals surface area contributed by atoms with Gasteiger partial charge in [-0.15, -0.1) is 0 Å². The highest BCUT2D eigenvalue weighted by molar-refractivity contribution is 5.78. The number of aliphatic hydroxyl groups is 3. The van der Waals surface area contributed by atoms with E-state index in [0.29, 0.717) is 11.1 Å². The van der Waals surface area contributed by atoms with Crippen molar-refractivity contribution in [2.24, 2.45) is 5.92 Å². The average molecular weight is 284 g/mol. The van der Waals surface area contributed by atoms with Crippen molar-refractivity contribution in [2.45, 2.75) is 31.7 Å². The van der Waals surface area contributed by atoms with Gasteiger partial charge >= 0.3 is 5.97 Å². The lowest BCUT2D eigenvalue weighted by molar-refractivity contribution is -0.162. The van der Waals surface area contributed by atoms with Crippen molar-refractivity contribution >= 4 is 5.97 Å². The second kappa shape index (κ2) is 5.65. The van der Waals surface area contributed by atoms with Crippen molar-refractivity contribution in [3.63, 3.8) is 0 Å². The Hall–Kier alpha value is -1.21. The molecular weight excluding hydrogens is 264 g/mol. The Kier molecular flexibility index (Phi) is 4.29. The summed E-state index contributed by atoms with van der Waals surface area (Å²) in [6, 6.07) is 0. The van der Waals surface area contributed by atoms with Gasteiger partial charge in [-0.1, -0.05) is 12.2 Å². The molecule has 0 saturated carbocycles. The Morgan fingerprint density at radius 3 is 2.95 bits per heavy atom. The molecule has 4 atom stereocenters. The van der Waals surface area contributed by atoms with Gasteiger partial charge in [0, 0.05) is 0 Å². The van der Waals surface area contributed by atoms with Gasteiger partial charge in [-0.2, -0.15) is 0 Å². The van der Waals surface area contributed by atoms with E-state index in [1.54, 1.807) is 13.8 Å². The summed E-state index contributed by atoms with van der Waals surface area (Å²) < 4.78 is 10.4. The number of ether oxygens (including phenoxy) is 2. The molecule has 112 valence electrons. The zero-order valence-electron chi connectivity index (χ0n) is 11.6. The van der Waals surface area contributed by atoms with E-state index < -0.39 is 29.7 Å². The summed E-state index contributed by atoms with van der Waals surface area (Å²) in [6.07, 6.45) is 1.00. The Bertz CT molecular complexity index is 455. The number of carbonyl (C=O) groups excluding carboxylic acids is 1. The third-order valence-electron chi connectivity index (χ3n) is 3.90. The molecule has 1 aliphatic heterocycles. The second-order valence-corrected chi connectivity index (χ2v) is 5.05. The van der Waals surface area contributed by atoms with Crippen LogP contribution in [0.4, 0.5) is 0 Å². The molecule has 1 saturated heterocycles. The monoisotopic (exact) mass is 284 g/mol. The maximum Gasteiger partial charge on any atom is 0.316 e. The van der Waals surface area contributed by atoms with Crippen LogP contribution >= 0.6 is 0 Å². The summed E-state index contributed by atoms with van der Waals surface area (Å²) >= 11 is 0. The van der Waals surface area contributed by atoms with Crippen LogP contribution in [0, 0.1) is 5.92 Å². The van der Waals surface area contributed by atoms with Gasteiger partial charge in [0.25, 0.3) is 0 Å². The topological polar surface area (TPSA) is 96.2 Å². The van der Waals surface area contributed by atoms with Crippen LogP contribution in [0.1, 0.15) is 13.8 Å². The maximum atomic E-state index is 12.1. The van der Waals surface area contributed by atoms with Gasteiger partial charge in [-0.25, -0.2) is 0 Å². The molecule has 0 aromatic rings. The van der Waals surface area contributed by atoms with Gasteiger partial charge in [-0.3, -0.25) is 4.79 Å². The van der Waals surface area contributed by atoms with Crippen LogP contribution in [-0.4, -0.2) is 58.9 Å². The highest BCUT2D eigenvalue weighted by Gasteiger charge is 2.59. The predicted octanol–water partition coefficient (Wildman–Crippen LogP) is -0.465. The first-order valence-electron chi connectivity index (χ1n) is 6.64. The fourth-order valence-corrected chi connectivity index (χ4v) is 2.85. The van der Waals surface area contributed by atoms with E-state index in [1.807, 2.05) is 0 Å². The molecule has 0 radical (unpaired) electrons. The largest absolute Gasteiger partial charge is 0.465 e. The normalized spacial score (nSPS) is 38.5. The van der Waals surface area contributed by atoms with Crippen molar-refractivity contribution < 1.29 is 29.6 Å². The smallest absolute Gasteiger partial charge is 0.316 e. The lowest BCUT2D eigenvalue weighted by atomic mass is 9.71. The predicted molar refractivity (Wildman–Crippen MR) is 69.7 cm³/mol. The maximum absolute atomic E-state index is 12.1. The number of carbonyl (C=O) groups is 1. The average Bonchev–Trinajstić information content (AvgIpc) is 2.73.